The summed E-state index contributed by atoms with van der Waals surface area (Å²) >= 11 is 0. The van der Waals surface area contributed by atoms with Crippen molar-refractivity contribution >= 4 is 15.9 Å². The van der Waals surface area contributed by atoms with E-state index >= 15 is 0 Å². The molecule has 0 aromatic heterocycles. The highest BCUT2D eigenvalue weighted by Crippen LogP contribution is 2.31. The molecule has 0 spiro atoms. The maximum Gasteiger partial charge on any atom is 0.339 e. The van der Waals surface area contributed by atoms with Gasteiger partial charge in [0, 0.05) is 5.56 Å². The second-order valence-electron chi connectivity index (χ2n) is 3.07. The van der Waals surface area contributed by atoms with Crippen LogP contribution in [-0.4, -0.2) is 13.3 Å². The van der Waals surface area contributed by atoms with Gasteiger partial charge < -0.3 is 0 Å². The molecule has 0 amide bonds. The lowest BCUT2D eigenvalue weighted by molar-refractivity contribution is -0.388. The summed E-state index contributed by atoms with van der Waals surface area (Å²) in [7, 11) is -5.07. The molecule has 0 saturated carbocycles. The average molecular weight is 233 g/mol. The van der Waals surface area contributed by atoms with E-state index in [0.29, 0.717) is 0 Å². The van der Waals surface area contributed by atoms with Crippen molar-refractivity contribution in [3.63, 3.8) is 0 Å². The number of rotatable bonds is 2. The first-order valence-electron chi connectivity index (χ1n) is 3.94. The van der Waals surface area contributed by atoms with Crippen LogP contribution in [0.25, 0.3) is 0 Å². The van der Waals surface area contributed by atoms with Gasteiger partial charge in [0.1, 0.15) is 0 Å². The van der Waals surface area contributed by atoms with Crippen molar-refractivity contribution in [3.8, 4) is 0 Å². The van der Waals surface area contributed by atoms with Gasteiger partial charge in [-0.25, -0.2) is 0 Å². The lowest BCUT2D eigenvalue weighted by atomic mass is 10.1. The number of benzene rings is 1. The summed E-state index contributed by atoms with van der Waals surface area (Å²) in [6.45, 7) is 2.66. The molecule has 1 rings (SSSR count). The normalized spacial score (nSPS) is 11.4. The smallest absolute Gasteiger partial charge is 0.258 e. The van der Waals surface area contributed by atoms with E-state index in [1.165, 1.54) is 26.0 Å². The number of nitro benzene ring substituents is 1. The zero-order chi connectivity index (χ0) is 11.8. The molecule has 82 valence electrons. The van der Waals surface area contributed by atoms with Crippen LogP contribution >= 0.6 is 0 Å². The minimum Gasteiger partial charge on any atom is -0.258 e. The summed E-state index contributed by atoms with van der Waals surface area (Å²) in [6, 6.07) is 2.71. The molecule has 7 heteroatoms. The molecule has 0 radical (unpaired) electrons. The van der Waals surface area contributed by atoms with Crippen molar-refractivity contribution < 1.29 is 17.2 Å². The Morgan fingerprint density at radius 1 is 1.27 bits per heavy atom. The number of hydrogen-bond donors (Lipinski definition) is 0. The number of nitro groups is 1. The molecular formula is C8H8FNO4S. The van der Waals surface area contributed by atoms with Crippen LogP contribution in [0.1, 0.15) is 11.1 Å². The lowest BCUT2D eigenvalue weighted by Gasteiger charge is -2.04. The van der Waals surface area contributed by atoms with Crippen molar-refractivity contribution in [1.82, 2.24) is 0 Å². The predicted molar refractivity (Wildman–Crippen MR) is 50.9 cm³/mol. The minimum atomic E-state index is -5.07. The zero-order valence-corrected chi connectivity index (χ0v) is 8.84. The van der Waals surface area contributed by atoms with Gasteiger partial charge in [0.2, 0.25) is 0 Å². The van der Waals surface area contributed by atoms with E-state index in [2.05, 4.69) is 0 Å². The molecule has 0 fully saturated rings. The molecule has 0 aliphatic rings. The summed E-state index contributed by atoms with van der Waals surface area (Å²) in [5, 5.41) is 10.6. The average Bonchev–Trinajstić information content (AvgIpc) is 2.05. The quantitative estimate of drug-likeness (QED) is 0.444. The van der Waals surface area contributed by atoms with E-state index in [0.717, 1.165) is 0 Å². The fourth-order valence-corrected chi connectivity index (χ4v) is 2.22. The maximum absolute atomic E-state index is 12.9. The first kappa shape index (κ1) is 11.6. The minimum absolute atomic E-state index is 0.0230. The van der Waals surface area contributed by atoms with E-state index in [-0.39, 0.29) is 11.1 Å². The summed E-state index contributed by atoms with van der Waals surface area (Å²) in [5.41, 5.74) is -0.561. The summed E-state index contributed by atoms with van der Waals surface area (Å²) in [6.07, 6.45) is 0. The van der Waals surface area contributed by atoms with Crippen LogP contribution in [-0.2, 0) is 10.2 Å². The molecular weight excluding hydrogens is 225 g/mol. The molecule has 0 heterocycles. The molecule has 0 aliphatic heterocycles. The van der Waals surface area contributed by atoms with Gasteiger partial charge in [-0.1, -0.05) is 12.1 Å². The third kappa shape index (κ3) is 2.12. The van der Waals surface area contributed by atoms with Crippen molar-refractivity contribution in [2.45, 2.75) is 18.7 Å². The third-order valence-corrected chi connectivity index (χ3v) is 2.96. The Labute approximate surface area is 85.9 Å². The van der Waals surface area contributed by atoms with E-state index in [4.69, 9.17) is 0 Å². The van der Waals surface area contributed by atoms with E-state index in [1.807, 2.05) is 0 Å². The zero-order valence-electron chi connectivity index (χ0n) is 8.02. The fourth-order valence-electron chi connectivity index (χ4n) is 1.31. The predicted octanol–water partition coefficient (Wildman–Crippen LogP) is 1.87. The Hall–Kier alpha value is -1.50. The summed E-state index contributed by atoms with van der Waals surface area (Å²) in [5.74, 6) is 0. The van der Waals surface area contributed by atoms with Gasteiger partial charge in [-0.3, -0.25) is 10.1 Å². The van der Waals surface area contributed by atoms with E-state index in [1.54, 1.807) is 0 Å². The van der Waals surface area contributed by atoms with Crippen LogP contribution in [0, 0.1) is 24.0 Å². The van der Waals surface area contributed by atoms with Crippen molar-refractivity contribution in [2.75, 3.05) is 0 Å². The Morgan fingerprint density at radius 2 is 1.73 bits per heavy atom. The Balaban J connectivity index is 3.76. The van der Waals surface area contributed by atoms with E-state index in [9.17, 15) is 22.4 Å². The largest absolute Gasteiger partial charge is 0.339 e. The summed E-state index contributed by atoms with van der Waals surface area (Å²) < 4.78 is 34.4. The Kier molecular flexibility index (Phi) is 2.76. The highest BCUT2D eigenvalue weighted by Gasteiger charge is 2.29. The van der Waals surface area contributed by atoms with Crippen molar-refractivity contribution in [1.29, 1.82) is 0 Å². The third-order valence-electron chi connectivity index (χ3n) is 1.96. The van der Waals surface area contributed by atoms with Crippen LogP contribution in [0.2, 0.25) is 0 Å². The Bertz CT molecular complexity index is 524. The first-order valence-corrected chi connectivity index (χ1v) is 5.32. The SMILES string of the molecule is Cc1ccc(C)c(S(=O)(=O)F)c1[N+](=O)[O-]. The van der Waals surface area contributed by atoms with Gasteiger partial charge in [0.05, 0.1) is 4.92 Å². The lowest BCUT2D eigenvalue weighted by Crippen LogP contribution is -2.04. The van der Waals surface area contributed by atoms with Crippen LogP contribution in [0.3, 0.4) is 0 Å². The second-order valence-corrected chi connectivity index (χ2v) is 4.36. The molecule has 0 atom stereocenters. The topological polar surface area (TPSA) is 77.3 Å². The molecule has 1 aromatic carbocycles. The first-order chi connectivity index (χ1) is 6.75. The van der Waals surface area contributed by atoms with Gasteiger partial charge in [-0.15, -0.1) is 3.89 Å². The molecule has 0 N–H and O–H groups in total. The molecule has 0 aliphatic carbocycles. The van der Waals surface area contributed by atoms with Crippen LogP contribution in [0.5, 0.6) is 0 Å². The maximum atomic E-state index is 12.9. The Morgan fingerprint density at radius 3 is 2.07 bits per heavy atom. The second kappa shape index (κ2) is 3.58. The van der Waals surface area contributed by atoms with Crippen LogP contribution < -0.4 is 0 Å². The van der Waals surface area contributed by atoms with Crippen molar-refractivity contribution in [2.24, 2.45) is 0 Å². The fraction of sp³-hybridized carbons (Fsp3) is 0.250. The van der Waals surface area contributed by atoms with Crippen molar-refractivity contribution in [3.05, 3.63) is 33.4 Å². The molecule has 0 bridgehead atoms. The highest BCUT2D eigenvalue weighted by molar-refractivity contribution is 7.86. The molecule has 0 saturated heterocycles. The summed E-state index contributed by atoms with van der Waals surface area (Å²) in [4.78, 5) is 8.87. The van der Waals surface area contributed by atoms with Gasteiger partial charge in [0.15, 0.2) is 4.90 Å². The standard InChI is InChI=1S/C8H8FNO4S/c1-5-3-4-6(2)8(15(9,13)14)7(5)10(11)12/h3-4H,1-2H3. The number of aryl methyl sites for hydroxylation is 2. The highest BCUT2D eigenvalue weighted by atomic mass is 32.3. The van der Waals surface area contributed by atoms with Crippen LogP contribution in [0.4, 0.5) is 9.57 Å². The van der Waals surface area contributed by atoms with Gasteiger partial charge in [-0.05, 0) is 19.4 Å². The van der Waals surface area contributed by atoms with Gasteiger partial charge in [0.25, 0.3) is 5.69 Å². The van der Waals surface area contributed by atoms with Crippen LogP contribution in [0.15, 0.2) is 17.0 Å². The molecule has 15 heavy (non-hydrogen) atoms. The number of nitrogens with zero attached hydrogens (tertiary/aromatic N) is 1. The molecule has 5 nitrogen and oxygen atoms in total. The molecule has 0 unspecified atom stereocenters. The van der Waals surface area contributed by atoms with Gasteiger partial charge >= 0.3 is 10.2 Å². The molecule has 1 aromatic rings. The van der Waals surface area contributed by atoms with Gasteiger partial charge in [-0.2, -0.15) is 8.42 Å². The number of halogens is 1. The monoisotopic (exact) mass is 233 g/mol. The van der Waals surface area contributed by atoms with E-state index < -0.39 is 25.7 Å². The number of hydrogen-bond acceptors (Lipinski definition) is 4.